The highest BCUT2D eigenvalue weighted by molar-refractivity contribution is 5.70. The Morgan fingerprint density at radius 3 is 2.73 bits per heavy atom. The molecule has 1 rings (SSSR count). The number of methoxy groups -OCH3 is 1. The third-order valence-electron chi connectivity index (χ3n) is 2.04. The van der Waals surface area contributed by atoms with Crippen molar-refractivity contribution in [3.8, 4) is 0 Å². The van der Waals surface area contributed by atoms with E-state index in [1.54, 1.807) is 13.0 Å². The van der Waals surface area contributed by atoms with Gasteiger partial charge in [0.2, 0.25) is 0 Å². The van der Waals surface area contributed by atoms with Crippen molar-refractivity contribution < 1.29 is 19.0 Å². The minimum Gasteiger partial charge on any atom is -0.469 e. The highest BCUT2D eigenvalue weighted by Gasteiger charge is 2.14. The molecule has 0 spiro atoms. The van der Waals surface area contributed by atoms with Crippen LogP contribution in [0.1, 0.15) is 23.7 Å². The first-order chi connectivity index (χ1) is 7.02. The van der Waals surface area contributed by atoms with Crippen molar-refractivity contribution >= 4 is 5.97 Å². The first-order valence-corrected chi connectivity index (χ1v) is 4.55. The Bertz CT molecular complexity index is 343. The van der Waals surface area contributed by atoms with Crippen molar-refractivity contribution in [3.05, 3.63) is 35.1 Å². The molecule has 82 valence electrons. The van der Waals surface area contributed by atoms with Gasteiger partial charge >= 0.3 is 5.97 Å². The number of aliphatic hydroxyl groups is 1. The summed E-state index contributed by atoms with van der Waals surface area (Å²) in [5.74, 6) is -0.946. The van der Waals surface area contributed by atoms with Crippen LogP contribution < -0.4 is 0 Å². The Kier molecular flexibility index (Phi) is 3.80. The number of rotatable bonds is 3. The van der Waals surface area contributed by atoms with Gasteiger partial charge in [-0.15, -0.1) is 0 Å². The van der Waals surface area contributed by atoms with Crippen molar-refractivity contribution in [2.24, 2.45) is 0 Å². The fourth-order valence-electron chi connectivity index (χ4n) is 1.32. The van der Waals surface area contributed by atoms with Gasteiger partial charge in [0.15, 0.2) is 0 Å². The maximum absolute atomic E-state index is 13.0. The minimum absolute atomic E-state index is 0.167. The minimum atomic E-state index is -1.02. The number of aliphatic hydroxyl groups excluding tert-OH is 1. The molecule has 0 aliphatic rings. The molecule has 1 N–H and O–H groups in total. The molecule has 0 saturated heterocycles. The SMILES string of the molecule is COC(=O)CC(O)c1cc(C)cc(F)c1. The number of halogens is 1. The van der Waals surface area contributed by atoms with Crippen LogP contribution in [-0.2, 0) is 9.53 Å². The van der Waals surface area contributed by atoms with Gasteiger partial charge < -0.3 is 9.84 Å². The summed E-state index contributed by atoms with van der Waals surface area (Å²) in [6.45, 7) is 1.72. The predicted molar refractivity (Wildman–Crippen MR) is 52.7 cm³/mol. The lowest BCUT2D eigenvalue weighted by Crippen LogP contribution is -2.08. The number of hydrogen-bond donors (Lipinski definition) is 1. The van der Waals surface area contributed by atoms with E-state index >= 15 is 0 Å². The Labute approximate surface area is 87.5 Å². The van der Waals surface area contributed by atoms with Gasteiger partial charge in [-0.2, -0.15) is 0 Å². The fraction of sp³-hybridized carbons (Fsp3) is 0.364. The fourth-order valence-corrected chi connectivity index (χ4v) is 1.32. The van der Waals surface area contributed by atoms with E-state index in [2.05, 4.69) is 4.74 Å². The molecule has 0 fully saturated rings. The smallest absolute Gasteiger partial charge is 0.308 e. The van der Waals surface area contributed by atoms with Crippen molar-refractivity contribution in [1.29, 1.82) is 0 Å². The van der Waals surface area contributed by atoms with E-state index in [4.69, 9.17) is 0 Å². The molecule has 0 saturated carbocycles. The predicted octanol–water partition coefficient (Wildman–Crippen LogP) is 1.73. The number of hydrogen-bond acceptors (Lipinski definition) is 3. The van der Waals surface area contributed by atoms with Gasteiger partial charge in [0.1, 0.15) is 5.82 Å². The van der Waals surface area contributed by atoms with Crippen molar-refractivity contribution in [3.63, 3.8) is 0 Å². The molecule has 1 atom stereocenters. The summed E-state index contributed by atoms with van der Waals surface area (Å²) in [5.41, 5.74) is 1.09. The summed E-state index contributed by atoms with van der Waals surface area (Å²) >= 11 is 0. The lowest BCUT2D eigenvalue weighted by atomic mass is 10.0. The molecule has 15 heavy (non-hydrogen) atoms. The topological polar surface area (TPSA) is 46.5 Å². The molecular weight excluding hydrogens is 199 g/mol. The number of carbonyl (C=O) groups excluding carboxylic acids is 1. The van der Waals surface area contributed by atoms with E-state index in [0.29, 0.717) is 11.1 Å². The molecule has 0 bridgehead atoms. The molecule has 0 aromatic heterocycles. The van der Waals surface area contributed by atoms with Crippen LogP contribution in [0.5, 0.6) is 0 Å². The van der Waals surface area contributed by atoms with Crippen LogP contribution in [0.4, 0.5) is 4.39 Å². The van der Waals surface area contributed by atoms with Gasteiger partial charge in [0.05, 0.1) is 19.6 Å². The van der Waals surface area contributed by atoms with Gasteiger partial charge in [-0.25, -0.2) is 4.39 Å². The highest BCUT2D eigenvalue weighted by atomic mass is 19.1. The second-order valence-corrected chi connectivity index (χ2v) is 3.36. The van der Waals surface area contributed by atoms with Crippen molar-refractivity contribution in [1.82, 2.24) is 0 Å². The van der Waals surface area contributed by atoms with Crippen LogP contribution in [-0.4, -0.2) is 18.2 Å². The molecule has 1 unspecified atom stereocenters. The van der Waals surface area contributed by atoms with Gasteiger partial charge in [-0.3, -0.25) is 4.79 Å². The van der Waals surface area contributed by atoms with Crippen molar-refractivity contribution in [2.75, 3.05) is 7.11 Å². The standard InChI is InChI=1S/C11H13FO3/c1-7-3-8(5-9(12)4-7)10(13)6-11(14)15-2/h3-5,10,13H,6H2,1-2H3. The Hall–Kier alpha value is -1.42. The second kappa shape index (κ2) is 4.89. The van der Waals surface area contributed by atoms with E-state index in [1.165, 1.54) is 19.2 Å². The summed E-state index contributed by atoms with van der Waals surface area (Å²) in [7, 11) is 1.24. The van der Waals surface area contributed by atoms with Crippen LogP contribution >= 0.6 is 0 Å². The van der Waals surface area contributed by atoms with Crippen LogP contribution in [0.3, 0.4) is 0 Å². The van der Waals surface area contributed by atoms with Gasteiger partial charge in [-0.1, -0.05) is 6.07 Å². The normalized spacial score (nSPS) is 12.3. The first-order valence-electron chi connectivity index (χ1n) is 4.55. The summed E-state index contributed by atoms with van der Waals surface area (Å²) in [6, 6.07) is 4.20. The van der Waals surface area contributed by atoms with E-state index in [-0.39, 0.29) is 6.42 Å². The maximum atomic E-state index is 13.0. The average molecular weight is 212 g/mol. The molecule has 0 aliphatic carbocycles. The zero-order chi connectivity index (χ0) is 11.4. The van der Waals surface area contributed by atoms with E-state index < -0.39 is 17.9 Å². The van der Waals surface area contributed by atoms with Gasteiger partial charge in [0, 0.05) is 0 Å². The number of esters is 1. The molecule has 1 aromatic carbocycles. The lowest BCUT2D eigenvalue weighted by Gasteiger charge is -2.10. The largest absolute Gasteiger partial charge is 0.469 e. The average Bonchev–Trinajstić information content (AvgIpc) is 2.16. The van der Waals surface area contributed by atoms with E-state index in [9.17, 15) is 14.3 Å². The van der Waals surface area contributed by atoms with Crippen molar-refractivity contribution in [2.45, 2.75) is 19.4 Å². The quantitative estimate of drug-likeness (QED) is 0.776. The highest BCUT2D eigenvalue weighted by Crippen LogP contribution is 2.19. The molecule has 3 nitrogen and oxygen atoms in total. The summed E-state index contributed by atoms with van der Waals surface area (Å²) in [6.07, 6.45) is -1.19. The summed E-state index contributed by atoms with van der Waals surface area (Å²) in [4.78, 5) is 10.9. The Morgan fingerprint density at radius 1 is 1.53 bits per heavy atom. The second-order valence-electron chi connectivity index (χ2n) is 3.36. The molecule has 0 amide bonds. The van der Waals surface area contributed by atoms with Crippen LogP contribution in [0.15, 0.2) is 18.2 Å². The third kappa shape index (κ3) is 3.32. The first kappa shape index (κ1) is 11.7. The number of benzene rings is 1. The molecule has 4 heteroatoms. The zero-order valence-corrected chi connectivity index (χ0v) is 8.66. The monoisotopic (exact) mass is 212 g/mol. The molecule has 1 aromatic rings. The van der Waals surface area contributed by atoms with E-state index in [0.717, 1.165) is 0 Å². The van der Waals surface area contributed by atoms with Crippen LogP contribution in [0.2, 0.25) is 0 Å². The van der Waals surface area contributed by atoms with Crippen LogP contribution in [0, 0.1) is 12.7 Å². The molecule has 0 aliphatic heterocycles. The Balaban J connectivity index is 2.81. The Morgan fingerprint density at radius 2 is 2.20 bits per heavy atom. The zero-order valence-electron chi connectivity index (χ0n) is 8.66. The lowest BCUT2D eigenvalue weighted by molar-refractivity contribution is -0.142. The number of ether oxygens (including phenoxy) is 1. The summed E-state index contributed by atoms with van der Waals surface area (Å²) < 4.78 is 17.4. The molecule has 0 heterocycles. The molecule has 0 radical (unpaired) electrons. The number of carbonyl (C=O) groups is 1. The van der Waals surface area contributed by atoms with Gasteiger partial charge in [-0.05, 0) is 30.2 Å². The van der Waals surface area contributed by atoms with Crippen LogP contribution in [0.25, 0.3) is 0 Å². The summed E-state index contributed by atoms with van der Waals surface area (Å²) in [5, 5.41) is 9.60. The van der Waals surface area contributed by atoms with E-state index in [1.807, 2.05) is 0 Å². The molecular formula is C11H13FO3. The maximum Gasteiger partial charge on any atom is 0.308 e. The number of aryl methyl sites for hydroxylation is 1. The van der Waals surface area contributed by atoms with Gasteiger partial charge in [0.25, 0.3) is 0 Å². The third-order valence-corrected chi connectivity index (χ3v) is 2.04.